The molecule has 0 radical (unpaired) electrons. The van der Waals surface area contributed by atoms with Crippen LogP contribution in [0.4, 0.5) is 24.5 Å². The molecule has 56 heavy (non-hydrogen) atoms. The minimum atomic E-state index is -4.62. The lowest BCUT2D eigenvalue weighted by Gasteiger charge is -2.36. The molecule has 0 bridgehead atoms. The summed E-state index contributed by atoms with van der Waals surface area (Å²) in [5, 5.41) is 6.93. The fourth-order valence-electron chi connectivity index (χ4n) is 7.13. The van der Waals surface area contributed by atoms with Gasteiger partial charge in [-0.2, -0.15) is 22.7 Å². The number of nitrogens with one attached hydrogen (secondary N) is 1. The minimum absolute atomic E-state index is 0.0217. The van der Waals surface area contributed by atoms with Crippen molar-refractivity contribution in [2.24, 2.45) is 5.92 Å². The first-order valence-electron chi connectivity index (χ1n) is 18.3. The van der Waals surface area contributed by atoms with Crippen LogP contribution >= 0.6 is 11.6 Å². The number of aryl methyl sites for hydroxylation is 1. The van der Waals surface area contributed by atoms with Crippen molar-refractivity contribution in [3.05, 3.63) is 74.4 Å². The lowest BCUT2D eigenvalue weighted by Crippen LogP contribution is -2.51. The van der Waals surface area contributed by atoms with Crippen molar-refractivity contribution in [3.8, 4) is 5.75 Å². The van der Waals surface area contributed by atoms with Crippen LogP contribution in [-0.4, -0.2) is 103 Å². The van der Waals surface area contributed by atoms with E-state index in [9.17, 15) is 32.3 Å². The van der Waals surface area contributed by atoms with Crippen molar-refractivity contribution in [2.75, 3.05) is 56.6 Å². The highest BCUT2D eigenvalue weighted by atomic mass is 35.5. The molecule has 3 aliphatic rings. The molecule has 1 aliphatic carbocycles. The summed E-state index contributed by atoms with van der Waals surface area (Å²) in [5.41, 5.74) is 0.691. The Morgan fingerprint density at radius 2 is 1.80 bits per heavy atom. The van der Waals surface area contributed by atoms with Crippen LogP contribution in [0.1, 0.15) is 65.9 Å². The molecule has 5 heterocycles. The van der Waals surface area contributed by atoms with Gasteiger partial charge in [-0.05, 0) is 62.3 Å². The zero-order valence-corrected chi connectivity index (χ0v) is 31.8. The molecule has 1 N–H and O–H groups in total. The van der Waals surface area contributed by atoms with Gasteiger partial charge in [-0.3, -0.25) is 19.2 Å². The number of rotatable bonds is 10. The SMILES string of the molecule is CCc1c(N2CCN(C(=O)c3ncnc(C)c3OC)CC2)c(=O)n2nc(C3=CCN(C(=O)CC4CC4)CC3)nc2n1CC(=O)Nc1ccc(C(F)(F)F)cc1Cl. The predicted molar refractivity (Wildman–Crippen MR) is 200 cm³/mol. The van der Waals surface area contributed by atoms with E-state index in [-0.39, 0.29) is 90.4 Å². The summed E-state index contributed by atoms with van der Waals surface area (Å²) in [6.45, 7) is 5.01. The number of fused-ring (bicyclic) bond motifs is 1. The number of benzene rings is 1. The Kier molecular flexibility index (Phi) is 10.8. The number of piperazine rings is 1. The summed E-state index contributed by atoms with van der Waals surface area (Å²) < 4.78 is 48.0. The zero-order valence-electron chi connectivity index (χ0n) is 31.0. The van der Waals surface area contributed by atoms with Gasteiger partial charge in [0.25, 0.3) is 11.5 Å². The van der Waals surface area contributed by atoms with E-state index >= 15 is 0 Å². The molecule has 296 valence electrons. The second kappa shape index (κ2) is 15.5. The van der Waals surface area contributed by atoms with E-state index < -0.39 is 23.2 Å². The Morgan fingerprint density at radius 1 is 1.05 bits per heavy atom. The maximum Gasteiger partial charge on any atom is 0.416 e. The molecule has 0 unspecified atom stereocenters. The van der Waals surface area contributed by atoms with Crippen LogP contribution in [0.25, 0.3) is 11.4 Å². The third kappa shape index (κ3) is 7.79. The van der Waals surface area contributed by atoms with Crippen molar-refractivity contribution in [3.63, 3.8) is 0 Å². The van der Waals surface area contributed by atoms with E-state index in [1.165, 1.54) is 13.4 Å². The van der Waals surface area contributed by atoms with Crippen LogP contribution in [0.5, 0.6) is 5.75 Å². The second-order valence-electron chi connectivity index (χ2n) is 14.0. The normalized spacial score (nSPS) is 16.3. The van der Waals surface area contributed by atoms with Crippen LogP contribution in [0.3, 0.4) is 0 Å². The molecule has 3 amide bonds. The minimum Gasteiger partial charge on any atom is -0.492 e. The number of aromatic nitrogens is 6. The fraction of sp³-hybridized carbons (Fsp3) is 0.459. The summed E-state index contributed by atoms with van der Waals surface area (Å²) in [7, 11) is 1.44. The summed E-state index contributed by atoms with van der Waals surface area (Å²) in [4.78, 5) is 72.6. The van der Waals surface area contributed by atoms with Gasteiger partial charge in [0.15, 0.2) is 17.3 Å². The van der Waals surface area contributed by atoms with Gasteiger partial charge in [0.2, 0.25) is 17.6 Å². The molecule has 4 aromatic rings. The first-order valence-corrected chi connectivity index (χ1v) is 18.7. The molecule has 3 aromatic heterocycles. The van der Waals surface area contributed by atoms with Crippen LogP contribution in [0.15, 0.2) is 35.4 Å². The predicted octanol–water partition coefficient (Wildman–Crippen LogP) is 4.25. The highest BCUT2D eigenvalue weighted by Crippen LogP contribution is 2.35. The number of hydrogen-bond acceptors (Lipinski definition) is 10. The third-order valence-electron chi connectivity index (χ3n) is 10.3. The van der Waals surface area contributed by atoms with Crippen LogP contribution in [0.2, 0.25) is 5.02 Å². The van der Waals surface area contributed by atoms with Gasteiger partial charge in [0, 0.05) is 45.7 Å². The Hall–Kier alpha value is -5.52. The highest BCUT2D eigenvalue weighted by molar-refractivity contribution is 6.33. The zero-order chi connectivity index (χ0) is 39.9. The smallest absolute Gasteiger partial charge is 0.416 e. The van der Waals surface area contributed by atoms with Crippen molar-refractivity contribution in [1.29, 1.82) is 0 Å². The van der Waals surface area contributed by atoms with E-state index in [1.807, 2.05) is 17.9 Å². The monoisotopic (exact) mass is 796 g/mol. The van der Waals surface area contributed by atoms with Crippen molar-refractivity contribution in [1.82, 2.24) is 38.9 Å². The molecule has 2 fully saturated rings. The van der Waals surface area contributed by atoms with Crippen molar-refractivity contribution in [2.45, 2.75) is 58.7 Å². The summed E-state index contributed by atoms with van der Waals surface area (Å²) in [5.74, 6) is 0.243. The molecule has 0 atom stereocenters. The Labute approximate surface area is 324 Å². The molecule has 19 heteroatoms. The summed E-state index contributed by atoms with van der Waals surface area (Å²) in [6, 6.07) is 2.64. The maximum atomic E-state index is 14.4. The molecule has 0 spiro atoms. The number of nitrogens with zero attached hydrogens (tertiary/aromatic N) is 9. The van der Waals surface area contributed by atoms with E-state index in [0.717, 1.165) is 41.1 Å². The average molecular weight is 797 g/mol. The average Bonchev–Trinajstić information content (AvgIpc) is 3.88. The van der Waals surface area contributed by atoms with E-state index in [1.54, 1.807) is 21.3 Å². The number of hydrogen-bond donors (Lipinski definition) is 1. The molecule has 1 aromatic carbocycles. The number of ether oxygens (including phenoxy) is 1. The van der Waals surface area contributed by atoms with Gasteiger partial charge in [0.05, 0.1) is 34.8 Å². The molecule has 7 rings (SSSR count). The molecular weight excluding hydrogens is 757 g/mol. The van der Waals surface area contributed by atoms with Gasteiger partial charge < -0.3 is 29.3 Å². The van der Waals surface area contributed by atoms with Crippen LogP contribution < -0.4 is 20.5 Å². The van der Waals surface area contributed by atoms with Gasteiger partial charge in [-0.25, -0.2) is 9.97 Å². The van der Waals surface area contributed by atoms with E-state index in [2.05, 4.69) is 20.4 Å². The highest BCUT2D eigenvalue weighted by Gasteiger charge is 2.33. The van der Waals surface area contributed by atoms with Gasteiger partial charge >= 0.3 is 6.18 Å². The number of carbonyl (C=O) groups excluding carboxylic acids is 3. The molecular formula is C37H40ClF3N10O5. The standard InChI is InChI=1S/C37H40ClF3N10O5/c1-4-27-31(48-13-15-49(16-14-48)34(54)30-32(56-3)21(2)42-20-43-30)35(55)51-36(45-33(46-51)23-9-11-47(12-10-23)29(53)17-22-5-6-22)50(27)19-28(52)44-26-8-7-24(18-25(26)38)37(39,40)41/h7-9,18,20,22H,4-6,10-17,19H2,1-3H3,(H,44,52). The van der Waals surface area contributed by atoms with Gasteiger partial charge in [0.1, 0.15) is 18.6 Å². The molecule has 2 aliphatic heterocycles. The number of halogens is 4. The summed E-state index contributed by atoms with van der Waals surface area (Å²) in [6.07, 6.45) is 2.00. The van der Waals surface area contributed by atoms with Crippen molar-refractivity contribution >= 4 is 52.0 Å². The number of amides is 3. The number of methoxy groups -OCH3 is 1. The first kappa shape index (κ1) is 38.7. The molecule has 1 saturated heterocycles. The number of anilines is 2. The van der Waals surface area contributed by atoms with E-state index in [4.69, 9.17) is 21.3 Å². The van der Waals surface area contributed by atoms with Gasteiger partial charge in [-0.1, -0.05) is 24.6 Å². The van der Waals surface area contributed by atoms with Crippen molar-refractivity contribution < 1.29 is 32.3 Å². The van der Waals surface area contributed by atoms with E-state index in [0.29, 0.717) is 43.2 Å². The Balaban J connectivity index is 1.21. The number of alkyl halides is 3. The molecule has 15 nitrogen and oxygen atoms in total. The quantitative estimate of drug-likeness (QED) is 0.246. The molecule has 1 saturated carbocycles. The van der Waals surface area contributed by atoms with Crippen LogP contribution in [0, 0.1) is 12.8 Å². The Morgan fingerprint density at radius 3 is 2.43 bits per heavy atom. The first-order chi connectivity index (χ1) is 26.8. The second-order valence-corrected chi connectivity index (χ2v) is 14.4. The lowest BCUT2D eigenvalue weighted by molar-refractivity contribution is -0.137. The third-order valence-corrected chi connectivity index (χ3v) is 10.6. The summed E-state index contributed by atoms with van der Waals surface area (Å²) >= 11 is 6.16. The van der Waals surface area contributed by atoms with Gasteiger partial charge in [-0.15, -0.1) is 5.10 Å². The fourth-order valence-corrected chi connectivity index (χ4v) is 7.36. The Bertz CT molecular complexity index is 2300. The largest absolute Gasteiger partial charge is 0.492 e. The topological polar surface area (TPSA) is 160 Å². The lowest BCUT2D eigenvalue weighted by atomic mass is 10.1. The van der Waals surface area contributed by atoms with Crippen LogP contribution in [-0.2, 0) is 28.7 Å². The number of carbonyl (C=O) groups is 3. The maximum absolute atomic E-state index is 14.4.